The average Bonchev–Trinajstić information content (AvgIpc) is 3.36. The Morgan fingerprint density at radius 1 is 1.04 bits per heavy atom. The number of carbonyl (C=O) groups excluding carboxylic acids is 2. The summed E-state index contributed by atoms with van der Waals surface area (Å²) in [6.45, 7) is -0.202. The van der Waals surface area contributed by atoms with Gasteiger partial charge in [-0.3, -0.25) is 14.9 Å². The van der Waals surface area contributed by atoms with E-state index in [0.29, 0.717) is 17.4 Å². The fourth-order valence-electron chi connectivity index (χ4n) is 2.59. The van der Waals surface area contributed by atoms with Gasteiger partial charge in [-0.25, -0.2) is 4.98 Å². The Morgan fingerprint density at radius 3 is 2.75 bits per heavy atom. The third-order valence-electron chi connectivity index (χ3n) is 3.85. The molecule has 0 fully saturated rings. The lowest BCUT2D eigenvalue weighted by atomic mass is 10.3. The van der Waals surface area contributed by atoms with Gasteiger partial charge < -0.3 is 19.5 Å². The first-order valence-electron chi connectivity index (χ1n) is 8.50. The zero-order valence-corrected chi connectivity index (χ0v) is 14.6. The van der Waals surface area contributed by atoms with Crippen molar-refractivity contribution in [3.63, 3.8) is 0 Å². The van der Waals surface area contributed by atoms with Gasteiger partial charge >= 0.3 is 0 Å². The fourth-order valence-corrected chi connectivity index (χ4v) is 2.59. The van der Waals surface area contributed by atoms with Gasteiger partial charge in [-0.05, 0) is 36.4 Å². The number of H-pyrrole nitrogens is 1. The summed E-state index contributed by atoms with van der Waals surface area (Å²) in [6, 6.07) is 17.4. The number of carbonyl (C=O) groups is 2. The molecule has 3 N–H and O–H groups in total. The summed E-state index contributed by atoms with van der Waals surface area (Å²) in [7, 11) is 0. The van der Waals surface area contributed by atoms with Crippen molar-refractivity contribution in [2.45, 2.75) is 0 Å². The van der Waals surface area contributed by atoms with Crippen LogP contribution in [-0.2, 0) is 4.79 Å². The topological polar surface area (TPSA) is 109 Å². The predicted molar refractivity (Wildman–Crippen MR) is 103 cm³/mol. The molecule has 0 aliphatic carbocycles. The molecule has 140 valence electrons. The predicted octanol–water partition coefficient (Wildman–Crippen LogP) is 3.43. The van der Waals surface area contributed by atoms with E-state index in [2.05, 4.69) is 20.6 Å². The summed E-state index contributed by atoms with van der Waals surface area (Å²) in [5, 5.41) is 5.35. The minimum absolute atomic E-state index is 0.202. The molecule has 4 aromatic rings. The maximum absolute atomic E-state index is 12.1. The van der Waals surface area contributed by atoms with Crippen molar-refractivity contribution in [2.75, 3.05) is 17.2 Å². The van der Waals surface area contributed by atoms with Crippen molar-refractivity contribution >= 4 is 34.5 Å². The molecule has 28 heavy (non-hydrogen) atoms. The number of hydrogen-bond donors (Lipinski definition) is 3. The van der Waals surface area contributed by atoms with Crippen LogP contribution in [0.3, 0.4) is 0 Å². The lowest BCUT2D eigenvalue weighted by Crippen LogP contribution is -2.20. The zero-order chi connectivity index (χ0) is 19.3. The minimum Gasteiger partial charge on any atom is -0.484 e. The number of fused-ring (bicyclic) bond motifs is 1. The molecular formula is C20H16N4O4. The molecule has 2 amide bonds. The molecule has 2 heterocycles. The summed E-state index contributed by atoms with van der Waals surface area (Å²) in [5.41, 5.74) is 2.12. The number of nitrogens with zero attached hydrogens (tertiary/aromatic N) is 1. The van der Waals surface area contributed by atoms with Crippen molar-refractivity contribution in [3.05, 3.63) is 72.7 Å². The second kappa shape index (κ2) is 7.67. The van der Waals surface area contributed by atoms with E-state index in [9.17, 15) is 9.59 Å². The Labute approximate surface area is 159 Å². The number of rotatable bonds is 6. The van der Waals surface area contributed by atoms with Gasteiger partial charge in [0, 0.05) is 11.8 Å². The smallest absolute Gasteiger partial charge is 0.291 e. The number of aromatic amines is 1. The number of furan rings is 1. The number of ether oxygens (including phenoxy) is 1. The van der Waals surface area contributed by atoms with E-state index in [1.165, 1.54) is 6.26 Å². The minimum atomic E-state index is -0.371. The van der Waals surface area contributed by atoms with Crippen LogP contribution in [0.4, 0.5) is 11.6 Å². The Bertz CT molecular complexity index is 1090. The second-order valence-electron chi connectivity index (χ2n) is 5.90. The molecule has 0 aliphatic rings. The lowest BCUT2D eigenvalue weighted by molar-refractivity contribution is -0.118. The van der Waals surface area contributed by atoms with Crippen LogP contribution in [0.2, 0.25) is 0 Å². The Hall–Kier alpha value is -4.07. The molecule has 2 aromatic heterocycles. The third kappa shape index (κ3) is 4.01. The summed E-state index contributed by atoms with van der Waals surface area (Å²) in [6.07, 6.45) is 1.43. The maximum atomic E-state index is 12.1. The fraction of sp³-hybridized carbons (Fsp3) is 0.0500. The van der Waals surface area contributed by atoms with Gasteiger partial charge in [0.05, 0.1) is 17.3 Å². The van der Waals surface area contributed by atoms with Crippen molar-refractivity contribution in [3.8, 4) is 5.75 Å². The van der Waals surface area contributed by atoms with Gasteiger partial charge in [0.25, 0.3) is 11.8 Å². The highest BCUT2D eigenvalue weighted by Crippen LogP contribution is 2.18. The SMILES string of the molecule is O=C(COc1cccc(NC(=O)c2ccco2)c1)Nc1nc2ccccc2[nH]1. The molecule has 2 aromatic carbocycles. The van der Waals surface area contributed by atoms with Crippen molar-refractivity contribution in [2.24, 2.45) is 0 Å². The monoisotopic (exact) mass is 376 g/mol. The van der Waals surface area contributed by atoms with Gasteiger partial charge in [0.15, 0.2) is 12.4 Å². The summed E-state index contributed by atoms with van der Waals surface area (Å²) in [4.78, 5) is 31.4. The lowest BCUT2D eigenvalue weighted by Gasteiger charge is -2.08. The van der Waals surface area contributed by atoms with Gasteiger partial charge in [0.1, 0.15) is 5.75 Å². The molecule has 0 saturated carbocycles. The molecule has 4 rings (SSSR count). The van der Waals surface area contributed by atoms with Crippen molar-refractivity contribution < 1.29 is 18.7 Å². The highest BCUT2D eigenvalue weighted by Gasteiger charge is 2.10. The summed E-state index contributed by atoms with van der Waals surface area (Å²) >= 11 is 0. The molecule has 0 atom stereocenters. The normalized spacial score (nSPS) is 10.6. The number of benzene rings is 2. The van der Waals surface area contributed by atoms with Crippen LogP contribution in [0.15, 0.2) is 71.3 Å². The van der Waals surface area contributed by atoms with Crippen LogP contribution < -0.4 is 15.4 Å². The summed E-state index contributed by atoms with van der Waals surface area (Å²) < 4.78 is 10.5. The van der Waals surface area contributed by atoms with Crippen LogP contribution >= 0.6 is 0 Å². The van der Waals surface area contributed by atoms with Crippen molar-refractivity contribution in [1.82, 2.24) is 9.97 Å². The van der Waals surface area contributed by atoms with Crippen LogP contribution in [0.25, 0.3) is 11.0 Å². The summed E-state index contributed by atoms with van der Waals surface area (Å²) in [5.74, 6) is 0.275. The van der Waals surface area contributed by atoms with Crippen LogP contribution in [0.1, 0.15) is 10.6 Å². The van der Waals surface area contributed by atoms with E-state index in [4.69, 9.17) is 9.15 Å². The van der Waals surface area contributed by atoms with E-state index in [0.717, 1.165) is 11.0 Å². The van der Waals surface area contributed by atoms with E-state index >= 15 is 0 Å². The Morgan fingerprint density at radius 2 is 1.93 bits per heavy atom. The maximum Gasteiger partial charge on any atom is 0.291 e. The Balaban J connectivity index is 1.34. The number of amides is 2. The number of anilines is 2. The van der Waals surface area contributed by atoms with Crippen LogP contribution in [0, 0.1) is 0 Å². The van der Waals surface area contributed by atoms with Crippen LogP contribution in [0.5, 0.6) is 5.75 Å². The molecule has 0 bridgehead atoms. The zero-order valence-electron chi connectivity index (χ0n) is 14.6. The standard InChI is InChI=1S/C20H16N4O4/c25-18(24-20-22-15-7-1-2-8-16(15)23-20)12-28-14-6-3-5-13(11-14)21-19(26)17-9-4-10-27-17/h1-11H,12H2,(H,21,26)(H2,22,23,24,25). The van der Waals surface area contributed by atoms with Crippen LogP contribution in [-0.4, -0.2) is 28.4 Å². The molecular weight excluding hydrogens is 360 g/mol. The number of para-hydroxylation sites is 2. The number of hydrogen-bond acceptors (Lipinski definition) is 5. The largest absolute Gasteiger partial charge is 0.484 e. The van der Waals surface area contributed by atoms with Gasteiger partial charge in [0.2, 0.25) is 5.95 Å². The van der Waals surface area contributed by atoms with Gasteiger partial charge in [-0.15, -0.1) is 0 Å². The molecule has 0 radical (unpaired) electrons. The highest BCUT2D eigenvalue weighted by molar-refractivity contribution is 6.02. The number of aromatic nitrogens is 2. The number of imidazole rings is 1. The average molecular weight is 376 g/mol. The molecule has 0 unspecified atom stereocenters. The van der Waals surface area contributed by atoms with E-state index in [-0.39, 0.29) is 24.2 Å². The first kappa shape index (κ1) is 17.3. The molecule has 8 nitrogen and oxygen atoms in total. The molecule has 0 aliphatic heterocycles. The van der Waals surface area contributed by atoms with E-state index in [1.54, 1.807) is 36.4 Å². The third-order valence-corrected chi connectivity index (χ3v) is 3.85. The highest BCUT2D eigenvalue weighted by atomic mass is 16.5. The molecule has 0 spiro atoms. The first-order valence-corrected chi connectivity index (χ1v) is 8.50. The van der Waals surface area contributed by atoms with Gasteiger partial charge in [-0.2, -0.15) is 0 Å². The van der Waals surface area contributed by atoms with E-state index < -0.39 is 0 Å². The molecule has 8 heteroatoms. The van der Waals surface area contributed by atoms with E-state index in [1.807, 2.05) is 24.3 Å². The first-order chi connectivity index (χ1) is 13.7. The Kier molecular flexibility index (Phi) is 4.75. The van der Waals surface area contributed by atoms with Gasteiger partial charge in [-0.1, -0.05) is 18.2 Å². The van der Waals surface area contributed by atoms with Crippen molar-refractivity contribution in [1.29, 1.82) is 0 Å². The quantitative estimate of drug-likeness (QED) is 0.478. The molecule has 0 saturated heterocycles. The number of nitrogens with one attached hydrogen (secondary N) is 3. The second-order valence-corrected chi connectivity index (χ2v) is 5.90.